The van der Waals surface area contributed by atoms with Crippen molar-refractivity contribution in [2.45, 2.75) is 77.1 Å². The molecule has 3 rings (SSSR count). The molecule has 1 aliphatic rings. The Morgan fingerprint density at radius 1 is 1.37 bits per heavy atom. The molecule has 6 nitrogen and oxygen atoms in total. The highest BCUT2D eigenvalue weighted by Gasteiger charge is 2.47. The van der Waals surface area contributed by atoms with Gasteiger partial charge < -0.3 is 10.4 Å². The van der Waals surface area contributed by atoms with Crippen molar-refractivity contribution in [3.05, 3.63) is 23.5 Å². The van der Waals surface area contributed by atoms with Crippen LogP contribution in [0.1, 0.15) is 81.4 Å². The summed E-state index contributed by atoms with van der Waals surface area (Å²) in [4.78, 5) is 17.6. The summed E-state index contributed by atoms with van der Waals surface area (Å²) >= 11 is 0. The van der Waals surface area contributed by atoms with E-state index in [4.69, 9.17) is 0 Å². The minimum Gasteiger partial charge on any atom is -0.388 e. The quantitative estimate of drug-likeness (QED) is 0.745. The molecule has 0 aromatic carbocycles. The molecule has 2 aromatic heterocycles. The first-order valence-corrected chi connectivity index (χ1v) is 10.4. The van der Waals surface area contributed by atoms with E-state index >= 15 is 0 Å². The number of hydrogen-bond donors (Lipinski definition) is 2. The fraction of sp³-hybridized carbons (Fsp3) is 0.667. The van der Waals surface area contributed by atoms with Gasteiger partial charge in [0.05, 0.1) is 28.7 Å². The van der Waals surface area contributed by atoms with Gasteiger partial charge in [-0.3, -0.25) is 4.79 Å². The highest BCUT2D eigenvalue weighted by Crippen LogP contribution is 2.41. The van der Waals surface area contributed by atoms with Crippen molar-refractivity contribution in [1.29, 1.82) is 0 Å². The average Bonchev–Trinajstić information content (AvgIpc) is 3.09. The van der Waals surface area contributed by atoms with Gasteiger partial charge in [0, 0.05) is 18.3 Å². The summed E-state index contributed by atoms with van der Waals surface area (Å²) in [5.74, 6) is -1.92. The summed E-state index contributed by atoms with van der Waals surface area (Å²) in [5.41, 5.74) is 0.115. The molecule has 1 aliphatic carbocycles. The third-order valence-corrected chi connectivity index (χ3v) is 5.77. The molecule has 1 amide bonds. The highest BCUT2D eigenvalue weighted by atomic mass is 19.4. The van der Waals surface area contributed by atoms with Crippen molar-refractivity contribution in [3.63, 3.8) is 0 Å². The van der Waals surface area contributed by atoms with Crippen molar-refractivity contribution in [1.82, 2.24) is 20.1 Å². The van der Waals surface area contributed by atoms with Crippen LogP contribution in [0.5, 0.6) is 0 Å². The number of halogens is 3. The number of aliphatic hydroxyl groups is 1. The van der Waals surface area contributed by atoms with Crippen LogP contribution in [0.15, 0.2) is 12.3 Å². The summed E-state index contributed by atoms with van der Waals surface area (Å²) in [7, 11) is 0. The Hall–Kier alpha value is -2.16. The number of pyridine rings is 1. The fourth-order valence-electron chi connectivity index (χ4n) is 4.02. The number of amides is 1. The van der Waals surface area contributed by atoms with Crippen LogP contribution in [0.2, 0.25) is 0 Å². The third kappa shape index (κ3) is 4.61. The number of nitrogens with zero attached hydrogens (tertiary/aromatic N) is 3. The van der Waals surface area contributed by atoms with Gasteiger partial charge in [-0.2, -0.15) is 18.3 Å². The molecule has 1 fully saturated rings. The summed E-state index contributed by atoms with van der Waals surface area (Å²) in [6.07, 6.45) is -2.64. The lowest BCUT2D eigenvalue weighted by Crippen LogP contribution is -2.48. The van der Waals surface area contributed by atoms with E-state index in [1.807, 2.05) is 27.7 Å². The average molecular weight is 426 g/mol. The number of aromatic nitrogens is 3. The van der Waals surface area contributed by atoms with E-state index in [0.29, 0.717) is 16.6 Å². The maximum atomic E-state index is 13.1. The Bertz CT molecular complexity index is 923. The van der Waals surface area contributed by atoms with E-state index in [1.165, 1.54) is 0 Å². The van der Waals surface area contributed by atoms with E-state index < -0.39 is 30.0 Å². The molecular weight excluding hydrogens is 397 g/mol. The van der Waals surface area contributed by atoms with E-state index in [-0.39, 0.29) is 37.8 Å². The van der Waals surface area contributed by atoms with Gasteiger partial charge in [0.1, 0.15) is 0 Å². The lowest BCUT2D eigenvalue weighted by Gasteiger charge is -2.37. The van der Waals surface area contributed by atoms with Crippen molar-refractivity contribution >= 4 is 16.9 Å². The smallest absolute Gasteiger partial charge is 0.388 e. The lowest BCUT2D eigenvalue weighted by molar-refractivity contribution is -0.199. The second-order valence-electron chi connectivity index (χ2n) is 8.91. The molecular formula is C21H29F3N4O2. The normalized spacial score (nSPS) is 22.8. The third-order valence-electron chi connectivity index (χ3n) is 5.77. The Morgan fingerprint density at radius 2 is 2.07 bits per heavy atom. The van der Waals surface area contributed by atoms with Gasteiger partial charge >= 0.3 is 6.18 Å². The largest absolute Gasteiger partial charge is 0.391 e. The minimum absolute atomic E-state index is 0.0108. The summed E-state index contributed by atoms with van der Waals surface area (Å²) in [6.45, 7) is 7.64. The van der Waals surface area contributed by atoms with Crippen LogP contribution >= 0.6 is 0 Å². The molecule has 0 spiro atoms. The molecule has 0 radical (unpaired) electrons. The molecule has 2 heterocycles. The SMILES string of the molecule is CC(C)c1cc(C(=O)NC[C@]2(O)CCC[C@H](C(F)(F)F)C2)c2cnn(C(C)C)c2n1. The van der Waals surface area contributed by atoms with Crippen LogP contribution in [0, 0.1) is 5.92 Å². The first-order chi connectivity index (χ1) is 13.9. The zero-order valence-corrected chi connectivity index (χ0v) is 17.8. The van der Waals surface area contributed by atoms with Crippen molar-refractivity contribution in [2.24, 2.45) is 5.92 Å². The van der Waals surface area contributed by atoms with Gasteiger partial charge in [-0.1, -0.05) is 13.8 Å². The first kappa shape index (κ1) is 22.5. The van der Waals surface area contributed by atoms with Crippen LogP contribution in [0.25, 0.3) is 11.0 Å². The molecule has 9 heteroatoms. The van der Waals surface area contributed by atoms with Gasteiger partial charge in [-0.15, -0.1) is 0 Å². The maximum absolute atomic E-state index is 13.1. The number of hydrogen-bond acceptors (Lipinski definition) is 4. The van der Waals surface area contributed by atoms with Crippen LogP contribution in [-0.4, -0.2) is 44.1 Å². The predicted molar refractivity (Wildman–Crippen MR) is 107 cm³/mol. The molecule has 166 valence electrons. The summed E-state index contributed by atoms with van der Waals surface area (Å²) in [5, 5.41) is 18.3. The first-order valence-electron chi connectivity index (χ1n) is 10.4. The number of rotatable bonds is 5. The van der Waals surface area contributed by atoms with Gasteiger partial charge in [-0.05, 0) is 51.5 Å². The monoisotopic (exact) mass is 426 g/mol. The number of nitrogens with one attached hydrogen (secondary N) is 1. The van der Waals surface area contributed by atoms with E-state index in [2.05, 4.69) is 15.4 Å². The van der Waals surface area contributed by atoms with Crippen molar-refractivity contribution in [2.75, 3.05) is 6.54 Å². The van der Waals surface area contributed by atoms with Crippen LogP contribution in [-0.2, 0) is 0 Å². The second-order valence-corrected chi connectivity index (χ2v) is 8.91. The molecule has 2 aromatic rings. The number of fused-ring (bicyclic) bond motifs is 1. The molecule has 0 aliphatic heterocycles. The molecule has 2 atom stereocenters. The zero-order chi connectivity index (χ0) is 22.3. The maximum Gasteiger partial charge on any atom is 0.391 e. The standard InChI is InChI=1S/C21H29F3N4O2/c1-12(2)17-8-15(16-10-26-28(13(3)4)18(16)27-17)19(29)25-11-20(30)7-5-6-14(9-20)21(22,23)24/h8,10,12-14,30H,5-7,9,11H2,1-4H3,(H,25,29)/t14-,20-/m0/s1. The molecule has 1 saturated carbocycles. The van der Waals surface area contributed by atoms with Crippen molar-refractivity contribution in [3.8, 4) is 0 Å². The summed E-state index contributed by atoms with van der Waals surface area (Å²) < 4.78 is 41.0. The lowest BCUT2D eigenvalue weighted by atomic mass is 9.77. The van der Waals surface area contributed by atoms with Gasteiger partial charge in [0.2, 0.25) is 0 Å². The van der Waals surface area contributed by atoms with Crippen LogP contribution in [0.4, 0.5) is 13.2 Å². The van der Waals surface area contributed by atoms with E-state index in [1.54, 1.807) is 16.9 Å². The Morgan fingerprint density at radius 3 is 2.67 bits per heavy atom. The van der Waals surface area contributed by atoms with Gasteiger partial charge in [0.25, 0.3) is 5.91 Å². The van der Waals surface area contributed by atoms with E-state index in [9.17, 15) is 23.1 Å². The van der Waals surface area contributed by atoms with Gasteiger partial charge in [0.15, 0.2) is 5.65 Å². The molecule has 0 unspecified atom stereocenters. The zero-order valence-electron chi connectivity index (χ0n) is 17.8. The number of carbonyl (C=O) groups excluding carboxylic acids is 1. The highest BCUT2D eigenvalue weighted by molar-refractivity contribution is 6.05. The number of carbonyl (C=O) groups is 1. The fourth-order valence-corrected chi connectivity index (χ4v) is 4.02. The summed E-state index contributed by atoms with van der Waals surface area (Å²) in [6, 6.07) is 1.74. The Labute approximate surface area is 173 Å². The molecule has 30 heavy (non-hydrogen) atoms. The minimum atomic E-state index is -4.34. The predicted octanol–water partition coefficient (Wildman–Crippen LogP) is 4.35. The Kier molecular flexibility index (Phi) is 6.13. The molecule has 2 N–H and O–H groups in total. The van der Waals surface area contributed by atoms with Crippen molar-refractivity contribution < 1.29 is 23.1 Å². The Balaban J connectivity index is 1.85. The molecule has 0 saturated heterocycles. The van der Waals surface area contributed by atoms with Gasteiger partial charge in [-0.25, -0.2) is 9.67 Å². The van der Waals surface area contributed by atoms with E-state index in [0.717, 1.165) is 5.69 Å². The van der Waals surface area contributed by atoms with Crippen LogP contribution < -0.4 is 5.32 Å². The second kappa shape index (κ2) is 8.17. The number of alkyl halides is 3. The van der Waals surface area contributed by atoms with Crippen LogP contribution in [0.3, 0.4) is 0 Å². The topological polar surface area (TPSA) is 80.0 Å². The molecule has 0 bridgehead atoms.